The maximum atomic E-state index is 12.5. The number of nitrogens with zero attached hydrogens (tertiary/aromatic N) is 2. The molecule has 1 amide bonds. The van der Waals surface area contributed by atoms with Crippen molar-refractivity contribution in [3.63, 3.8) is 0 Å². The van der Waals surface area contributed by atoms with Crippen molar-refractivity contribution in [2.75, 3.05) is 0 Å². The first-order valence-corrected chi connectivity index (χ1v) is 7.50. The molecule has 0 bridgehead atoms. The van der Waals surface area contributed by atoms with Crippen LogP contribution >= 0.6 is 0 Å². The van der Waals surface area contributed by atoms with E-state index in [0.717, 1.165) is 0 Å². The minimum absolute atomic E-state index is 0.227. The number of aryl methyl sites for hydroxylation is 2. The third-order valence-electron chi connectivity index (χ3n) is 3.63. The fourth-order valence-corrected chi connectivity index (χ4v) is 2.37. The van der Waals surface area contributed by atoms with Gasteiger partial charge in [0.2, 0.25) is 5.43 Å². The maximum Gasteiger partial charge on any atom is 0.326 e. The highest BCUT2D eigenvalue weighted by Crippen LogP contribution is 2.11. The Morgan fingerprint density at radius 3 is 2.52 bits per heavy atom. The van der Waals surface area contributed by atoms with E-state index in [1.54, 1.807) is 30.5 Å². The molecule has 25 heavy (non-hydrogen) atoms. The van der Waals surface area contributed by atoms with E-state index in [1.807, 2.05) is 0 Å². The summed E-state index contributed by atoms with van der Waals surface area (Å²) >= 11 is 0. The third-order valence-corrected chi connectivity index (χ3v) is 3.63. The first-order chi connectivity index (χ1) is 11.7. The van der Waals surface area contributed by atoms with Crippen LogP contribution in [0.15, 0.2) is 23.1 Å². The summed E-state index contributed by atoms with van der Waals surface area (Å²) in [4.78, 5) is 51.0. The van der Waals surface area contributed by atoms with Gasteiger partial charge in [-0.2, -0.15) is 0 Å². The van der Waals surface area contributed by atoms with Crippen LogP contribution in [0.5, 0.6) is 0 Å². The van der Waals surface area contributed by atoms with Gasteiger partial charge in [-0.3, -0.25) is 14.4 Å². The lowest BCUT2D eigenvalue weighted by Crippen LogP contribution is -2.43. The molecule has 9 heteroatoms. The number of carboxylic acids is 2. The summed E-state index contributed by atoms with van der Waals surface area (Å²) < 4.78 is 1.60. The van der Waals surface area contributed by atoms with Crippen molar-refractivity contribution in [1.29, 1.82) is 0 Å². The monoisotopic (exact) mass is 347 g/mol. The highest BCUT2D eigenvalue weighted by atomic mass is 16.4. The van der Waals surface area contributed by atoms with E-state index in [0.29, 0.717) is 17.9 Å². The summed E-state index contributed by atoms with van der Waals surface area (Å²) in [6.07, 6.45) is 0.503. The zero-order valence-electron chi connectivity index (χ0n) is 13.6. The average molecular weight is 347 g/mol. The Hall–Kier alpha value is -3.23. The van der Waals surface area contributed by atoms with Crippen molar-refractivity contribution in [2.24, 2.45) is 0 Å². The number of carbonyl (C=O) groups is 3. The Morgan fingerprint density at radius 1 is 1.28 bits per heavy atom. The van der Waals surface area contributed by atoms with Gasteiger partial charge in [0.1, 0.15) is 17.3 Å². The summed E-state index contributed by atoms with van der Waals surface area (Å²) in [6.45, 7) is 4.01. The smallest absolute Gasteiger partial charge is 0.326 e. The largest absolute Gasteiger partial charge is 0.481 e. The lowest BCUT2D eigenvalue weighted by Gasteiger charge is -2.14. The second-order valence-electron chi connectivity index (χ2n) is 5.44. The Morgan fingerprint density at radius 2 is 1.96 bits per heavy atom. The van der Waals surface area contributed by atoms with Gasteiger partial charge in [-0.25, -0.2) is 9.78 Å². The van der Waals surface area contributed by atoms with E-state index < -0.39 is 35.7 Å². The van der Waals surface area contributed by atoms with E-state index in [1.165, 1.54) is 6.20 Å². The molecule has 0 aliphatic rings. The summed E-state index contributed by atoms with van der Waals surface area (Å²) in [6, 6.07) is 1.55. The Kier molecular flexibility index (Phi) is 5.16. The van der Waals surface area contributed by atoms with Gasteiger partial charge in [-0.05, 0) is 26.0 Å². The Labute approximate surface area is 141 Å². The third kappa shape index (κ3) is 3.82. The van der Waals surface area contributed by atoms with Crippen LogP contribution in [0.4, 0.5) is 0 Å². The van der Waals surface area contributed by atoms with Crippen LogP contribution in [0.1, 0.15) is 29.4 Å². The van der Waals surface area contributed by atoms with E-state index in [-0.39, 0.29) is 10.9 Å². The van der Waals surface area contributed by atoms with Crippen molar-refractivity contribution in [2.45, 2.75) is 32.9 Å². The zero-order chi connectivity index (χ0) is 18.7. The predicted octanol–water partition coefficient (Wildman–Crippen LogP) is 0.383. The number of carbonyl (C=O) groups excluding carboxylic acids is 1. The molecular weight excluding hydrogens is 330 g/mol. The van der Waals surface area contributed by atoms with E-state index in [4.69, 9.17) is 10.2 Å². The SMILES string of the molecule is CCn1cc(C(=O)N[C@@H](CC(=O)O)C(=O)O)c(=O)c2ccc(C)nc21. The summed E-state index contributed by atoms with van der Waals surface area (Å²) in [5, 5.41) is 20.1. The quantitative estimate of drug-likeness (QED) is 0.686. The molecule has 0 saturated heterocycles. The van der Waals surface area contributed by atoms with Gasteiger partial charge in [0.25, 0.3) is 5.91 Å². The number of carboxylic acid groups (broad SMARTS) is 2. The fourth-order valence-electron chi connectivity index (χ4n) is 2.37. The minimum Gasteiger partial charge on any atom is -0.481 e. The maximum absolute atomic E-state index is 12.5. The van der Waals surface area contributed by atoms with E-state index in [9.17, 15) is 19.2 Å². The molecule has 2 heterocycles. The summed E-state index contributed by atoms with van der Waals surface area (Å²) in [5.41, 5.74) is 0.267. The molecule has 2 aromatic heterocycles. The minimum atomic E-state index is -1.63. The highest BCUT2D eigenvalue weighted by Gasteiger charge is 2.25. The first-order valence-electron chi connectivity index (χ1n) is 7.50. The van der Waals surface area contributed by atoms with Crippen LogP contribution in [0.3, 0.4) is 0 Å². The van der Waals surface area contributed by atoms with Gasteiger partial charge in [-0.1, -0.05) is 0 Å². The lowest BCUT2D eigenvalue weighted by molar-refractivity contribution is -0.145. The number of hydrogen-bond donors (Lipinski definition) is 3. The normalized spacial score (nSPS) is 11.9. The molecule has 132 valence electrons. The van der Waals surface area contributed by atoms with Gasteiger partial charge >= 0.3 is 11.9 Å². The van der Waals surface area contributed by atoms with Gasteiger partial charge in [0, 0.05) is 18.4 Å². The molecule has 0 aliphatic carbocycles. The van der Waals surface area contributed by atoms with Crippen LogP contribution < -0.4 is 10.7 Å². The molecule has 2 aromatic rings. The van der Waals surface area contributed by atoms with E-state index in [2.05, 4.69) is 10.3 Å². The summed E-state index contributed by atoms with van der Waals surface area (Å²) in [7, 11) is 0. The molecule has 0 fully saturated rings. The number of rotatable bonds is 6. The number of aromatic nitrogens is 2. The molecule has 0 aromatic carbocycles. The molecule has 2 rings (SSSR count). The van der Waals surface area contributed by atoms with Gasteiger partial charge in [0.05, 0.1) is 11.8 Å². The molecule has 0 saturated carbocycles. The molecule has 3 N–H and O–H groups in total. The van der Waals surface area contributed by atoms with Gasteiger partial charge < -0.3 is 20.1 Å². The number of fused-ring (bicyclic) bond motifs is 1. The molecule has 0 radical (unpaired) electrons. The van der Waals surface area contributed by atoms with Crippen LogP contribution in [0.2, 0.25) is 0 Å². The summed E-state index contributed by atoms with van der Waals surface area (Å²) in [5.74, 6) is -3.81. The number of hydrogen-bond acceptors (Lipinski definition) is 5. The van der Waals surface area contributed by atoms with Crippen LogP contribution in [-0.4, -0.2) is 43.7 Å². The number of amides is 1. The Balaban J connectivity index is 2.49. The molecule has 0 unspecified atom stereocenters. The average Bonchev–Trinajstić information content (AvgIpc) is 2.53. The highest BCUT2D eigenvalue weighted by molar-refractivity contribution is 5.99. The number of pyridine rings is 2. The first kappa shape index (κ1) is 18.1. The fraction of sp³-hybridized carbons (Fsp3) is 0.312. The lowest BCUT2D eigenvalue weighted by atomic mass is 10.1. The van der Waals surface area contributed by atoms with Crippen LogP contribution in [0, 0.1) is 6.92 Å². The second kappa shape index (κ2) is 7.12. The molecular formula is C16H17N3O6. The number of aliphatic carboxylic acids is 2. The second-order valence-corrected chi connectivity index (χ2v) is 5.44. The van der Waals surface area contributed by atoms with Gasteiger partial charge in [-0.15, -0.1) is 0 Å². The molecule has 0 aliphatic heterocycles. The van der Waals surface area contributed by atoms with Crippen LogP contribution in [-0.2, 0) is 16.1 Å². The number of nitrogens with one attached hydrogen (secondary N) is 1. The zero-order valence-corrected chi connectivity index (χ0v) is 13.6. The van der Waals surface area contributed by atoms with Crippen molar-refractivity contribution >= 4 is 28.9 Å². The topological polar surface area (TPSA) is 139 Å². The van der Waals surface area contributed by atoms with Crippen molar-refractivity contribution in [1.82, 2.24) is 14.9 Å². The standard InChI is InChI=1S/C16H17N3O6/c1-3-19-7-10(13(22)9-5-4-8(2)17-14(9)19)15(23)18-11(16(24)25)6-12(20)21/h4-5,7,11H,3,6H2,1-2H3,(H,18,23)(H,20,21)(H,24,25)/t11-/m0/s1. The van der Waals surface area contributed by atoms with Crippen molar-refractivity contribution in [3.05, 3.63) is 39.8 Å². The van der Waals surface area contributed by atoms with Crippen molar-refractivity contribution in [3.8, 4) is 0 Å². The molecule has 9 nitrogen and oxygen atoms in total. The predicted molar refractivity (Wildman–Crippen MR) is 87.6 cm³/mol. The Bertz CT molecular complexity index is 918. The van der Waals surface area contributed by atoms with E-state index >= 15 is 0 Å². The van der Waals surface area contributed by atoms with Crippen molar-refractivity contribution < 1.29 is 24.6 Å². The van der Waals surface area contributed by atoms with Gasteiger partial charge in [0.15, 0.2) is 0 Å². The molecule has 1 atom stereocenters. The van der Waals surface area contributed by atoms with Crippen LogP contribution in [0.25, 0.3) is 11.0 Å². The molecule has 0 spiro atoms.